The van der Waals surface area contributed by atoms with Crippen LogP contribution in [-0.4, -0.2) is 39.3 Å². The fourth-order valence-corrected chi connectivity index (χ4v) is 2.56. The average molecular weight is 292 g/mol. The van der Waals surface area contributed by atoms with Crippen molar-refractivity contribution in [3.8, 4) is 11.5 Å². The summed E-state index contributed by atoms with van der Waals surface area (Å²) in [6, 6.07) is 5.80. The molecule has 1 heterocycles. The molecule has 5 heteroatoms. The summed E-state index contributed by atoms with van der Waals surface area (Å²) in [7, 11) is 3.24. The Labute approximate surface area is 126 Å². The van der Waals surface area contributed by atoms with Crippen LogP contribution in [0.2, 0.25) is 0 Å². The summed E-state index contributed by atoms with van der Waals surface area (Å²) in [6.07, 6.45) is 4.00. The number of benzene rings is 1. The van der Waals surface area contributed by atoms with Gasteiger partial charge in [0, 0.05) is 6.54 Å². The summed E-state index contributed by atoms with van der Waals surface area (Å²) >= 11 is 0. The highest BCUT2D eigenvalue weighted by molar-refractivity contribution is 5.81. The van der Waals surface area contributed by atoms with Crippen LogP contribution < -0.4 is 20.1 Å². The third-order valence-electron chi connectivity index (χ3n) is 3.79. The SMILES string of the molecule is COc1ccc(CCNC(=O)C2CCCCN2)cc1OC. The minimum Gasteiger partial charge on any atom is -0.493 e. The number of hydrogen-bond acceptors (Lipinski definition) is 4. The van der Waals surface area contributed by atoms with Crippen LogP contribution in [0.15, 0.2) is 18.2 Å². The molecule has 0 radical (unpaired) electrons. The van der Waals surface area contributed by atoms with Gasteiger partial charge < -0.3 is 20.1 Å². The number of nitrogens with one attached hydrogen (secondary N) is 2. The third kappa shape index (κ3) is 4.36. The van der Waals surface area contributed by atoms with Crippen LogP contribution >= 0.6 is 0 Å². The predicted octanol–water partition coefficient (Wildman–Crippen LogP) is 1.50. The van der Waals surface area contributed by atoms with E-state index < -0.39 is 0 Å². The summed E-state index contributed by atoms with van der Waals surface area (Å²) in [5, 5.41) is 6.25. The zero-order chi connectivity index (χ0) is 15.1. The number of ether oxygens (including phenoxy) is 2. The fraction of sp³-hybridized carbons (Fsp3) is 0.562. The van der Waals surface area contributed by atoms with E-state index in [2.05, 4.69) is 10.6 Å². The molecule has 0 aliphatic carbocycles. The Kier molecular flexibility index (Phi) is 5.87. The highest BCUT2D eigenvalue weighted by Gasteiger charge is 2.19. The number of hydrogen-bond donors (Lipinski definition) is 2. The molecule has 0 bridgehead atoms. The van der Waals surface area contributed by atoms with Gasteiger partial charge in [-0.1, -0.05) is 12.5 Å². The number of piperidine rings is 1. The second-order valence-electron chi connectivity index (χ2n) is 5.23. The molecule has 116 valence electrons. The Bertz CT molecular complexity index is 471. The van der Waals surface area contributed by atoms with Crippen molar-refractivity contribution < 1.29 is 14.3 Å². The monoisotopic (exact) mass is 292 g/mol. The number of carbonyl (C=O) groups excluding carboxylic acids is 1. The standard InChI is InChI=1S/C16H24N2O3/c1-20-14-7-6-12(11-15(14)21-2)8-10-18-16(19)13-5-3-4-9-17-13/h6-7,11,13,17H,3-5,8-10H2,1-2H3,(H,18,19). The second-order valence-corrected chi connectivity index (χ2v) is 5.23. The van der Waals surface area contributed by atoms with Crippen molar-refractivity contribution in [2.24, 2.45) is 0 Å². The molecule has 1 aromatic rings. The summed E-state index contributed by atoms with van der Waals surface area (Å²) in [6.45, 7) is 1.57. The van der Waals surface area contributed by atoms with E-state index in [1.165, 1.54) is 0 Å². The first-order valence-electron chi connectivity index (χ1n) is 7.46. The number of amides is 1. The van der Waals surface area contributed by atoms with Gasteiger partial charge >= 0.3 is 0 Å². The minimum absolute atomic E-state index is 0.0239. The van der Waals surface area contributed by atoms with Crippen molar-refractivity contribution in [1.29, 1.82) is 0 Å². The lowest BCUT2D eigenvalue weighted by molar-refractivity contribution is -0.123. The van der Waals surface area contributed by atoms with E-state index in [9.17, 15) is 4.79 Å². The molecular weight excluding hydrogens is 268 g/mol. The molecule has 1 saturated heterocycles. The van der Waals surface area contributed by atoms with E-state index in [1.807, 2.05) is 18.2 Å². The highest BCUT2D eigenvalue weighted by Crippen LogP contribution is 2.27. The molecule has 5 nitrogen and oxygen atoms in total. The summed E-state index contributed by atoms with van der Waals surface area (Å²) < 4.78 is 10.5. The molecule has 1 unspecified atom stereocenters. The Hall–Kier alpha value is -1.75. The predicted molar refractivity (Wildman–Crippen MR) is 81.9 cm³/mol. The first-order chi connectivity index (χ1) is 10.2. The van der Waals surface area contributed by atoms with Crippen molar-refractivity contribution in [2.45, 2.75) is 31.7 Å². The second kappa shape index (κ2) is 7.88. The van der Waals surface area contributed by atoms with Crippen molar-refractivity contribution in [3.05, 3.63) is 23.8 Å². The molecule has 1 aromatic carbocycles. The molecular formula is C16H24N2O3. The molecule has 0 aromatic heterocycles. The Morgan fingerprint density at radius 1 is 1.29 bits per heavy atom. The Balaban J connectivity index is 1.81. The van der Waals surface area contributed by atoms with Gasteiger partial charge in [0.15, 0.2) is 11.5 Å². The Morgan fingerprint density at radius 2 is 2.10 bits per heavy atom. The van der Waals surface area contributed by atoms with Gasteiger partial charge in [0.05, 0.1) is 20.3 Å². The lowest BCUT2D eigenvalue weighted by Gasteiger charge is -2.22. The van der Waals surface area contributed by atoms with Gasteiger partial charge in [-0.2, -0.15) is 0 Å². The van der Waals surface area contributed by atoms with Gasteiger partial charge in [-0.15, -0.1) is 0 Å². The molecule has 1 aliphatic heterocycles. The number of carbonyl (C=O) groups is 1. The maximum Gasteiger partial charge on any atom is 0.237 e. The maximum absolute atomic E-state index is 12.0. The zero-order valence-electron chi connectivity index (χ0n) is 12.8. The highest BCUT2D eigenvalue weighted by atomic mass is 16.5. The van der Waals surface area contributed by atoms with Crippen LogP contribution in [0.5, 0.6) is 11.5 Å². The van der Waals surface area contributed by atoms with E-state index in [1.54, 1.807) is 14.2 Å². The fourth-order valence-electron chi connectivity index (χ4n) is 2.56. The van der Waals surface area contributed by atoms with Crippen molar-refractivity contribution in [3.63, 3.8) is 0 Å². The van der Waals surface area contributed by atoms with Crippen LogP contribution in [0.1, 0.15) is 24.8 Å². The van der Waals surface area contributed by atoms with Crippen LogP contribution in [-0.2, 0) is 11.2 Å². The lowest BCUT2D eigenvalue weighted by Crippen LogP contribution is -2.47. The molecule has 1 fully saturated rings. The van der Waals surface area contributed by atoms with Crippen LogP contribution in [0.25, 0.3) is 0 Å². The van der Waals surface area contributed by atoms with Gasteiger partial charge in [-0.05, 0) is 43.5 Å². The molecule has 0 saturated carbocycles. The van der Waals surface area contributed by atoms with Crippen molar-refractivity contribution in [1.82, 2.24) is 10.6 Å². The van der Waals surface area contributed by atoms with E-state index in [4.69, 9.17) is 9.47 Å². The van der Waals surface area contributed by atoms with E-state index in [0.29, 0.717) is 6.54 Å². The van der Waals surface area contributed by atoms with Crippen LogP contribution in [0.4, 0.5) is 0 Å². The lowest BCUT2D eigenvalue weighted by atomic mass is 10.0. The number of methoxy groups -OCH3 is 2. The molecule has 1 aliphatic rings. The molecule has 1 atom stereocenters. The minimum atomic E-state index is -0.0239. The van der Waals surface area contributed by atoms with Gasteiger partial charge in [0.2, 0.25) is 5.91 Å². The summed E-state index contributed by atoms with van der Waals surface area (Å²) in [5.74, 6) is 1.54. The molecule has 2 rings (SSSR count). The summed E-state index contributed by atoms with van der Waals surface area (Å²) in [4.78, 5) is 12.0. The molecule has 2 N–H and O–H groups in total. The first kappa shape index (κ1) is 15.6. The van der Waals surface area contributed by atoms with E-state index in [-0.39, 0.29) is 11.9 Å². The third-order valence-corrected chi connectivity index (χ3v) is 3.79. The molecule has 0 spiro atoms. The topological polar surface area (TPSA) is 59.6 Å². The number of rotatable bonds is 6. The van der Waals surface area contributed by atoms with E-state index >= 15 is 0 Å². The Morgan fingerprint density at radius 3 is 2.76 bits per heavy atom. The normalized spacial score (nSPS) is 18.1. The van der Waals surface area contributed by atoms with Gasteiger partial charge in [0.25, 0.3) is 0 Å². The van der Waals surface area contributed by atoms with Crippen molar-refractivity contribution in [2.75, 3.05) is 27.3 Å². The zero-order valence-corrected chi connectivity index (χ0v) is 12.8. The van der Waals surface area contributed by atoms with Gasteiger partial charge in [-0.3, -0.25) is 4.79 Å². The average Bonchev–Trinajstić information content (AvgIpc) is 2.55. The largest absolute Gasteiger partial charge is 0.493 e. The van der Waals surface area contributed by atoms with Crippen LogP contribution in [0, 0.1) is 0 Å². The van der Waals surface area contributed by atoms with Crippen LogP contribution in [0.3, 0.4) is 0 Å². The van der Waals surface area contributed by atoms with Gasteiger partial charge in [0.1, 0.15) is 0 Å². The van der Waals surface area contributed by atoms with Crippen molar-refractivity contribution >= 4 is 5.91 Å². The maximum atomic E-state index is 12.0. The molecule has 21 heavy (non-hydrogen) atoms. The van der Waals surface area contributed by atoms with Gasteiger partial charge in [-0.25, -0.2) is 0 Å². The molecule has 1 amide bonds. The van der Waals surface area contributed by atoms with E-state index in [0.717, 1.165) is 49.3 Å². The quantitative estimate of drug-likeness (QED) is 0.834. The first-order valence-corrected chi connectivity index (χ1v) is 7.46. The smallest absolute Gasteiger partial charge is 0.237 e. The summed E-state index contributed by atoms with van der Waals surface area (Å²) in [5.41, 5.74) is 1.12.